The largest absolute Gasteiger partial charge is 0.507 e. The minimum absolute atomic E-state index is 0.138. The number of halogens is 1. The van der Waals surface area contributed by atoms with Crippen LogP contribution in [0.2, 0.25) is 5.02 Å². The smallest absolute Gasteiger partial charge is 0.259 e. The van der Waals surface area contributed by atoms with Gasteiger partial charge in [0.05, 0.1) is 23.4 Å². The van der Waals surface area contributed by atoms with Crippen molar-refractivity contribution >= 4 is 28.9 Å². The molecule has 2 rings (SSSR count). The molecular formula is C14H13ClN2O3. The first-order valence-corrected chi connectivity index (χ1v) is 6.12. The van der Waals surface area contributed by atoms with Crippen LogP contribution >= 0.6 is 11.6 Å². The van der Waals surface area contributed by atoms with Crippen LogP contribution in [0, 0.1) is 0 Å². The van der Waals surface area contributed by atoms with Crippen molar-refractivity contribution in [2.24, 2.45) is 0 Å². The fourth-order valence-corrected chi connectivity index (χ4v) is 1.77. The van der Waals surface area contributed by atoms with Crippen LogP contribution in [0.15, 0.2) is 36.4 Å². The molecule has 0 saturated heterocycles. The lowest BCUT2D eigenvalue weighted by molar-refractivity contribution is 0.102. The number of nitrogen functional groups attached to an aromatic ring is 1. The molecule has 20 heavy (non-hydrogen) atoms. The Morgan fingerprint density at radius 3 is 2.65 bits per heavy atom. The Morgan fingerprint density at radius 2 is 2.05 bits per heavy atom. The summed E-state index contributed by atoms with van der Waals surface area (Å²) >= 11 is 5.80. The van der Waals surface area contributed by atoms with E-state index in [0.717, 1.165) is 0 Å². The van der Waals surface area contributed by atoms with Crippen molar-refractivity contribution in [2.75, 3.05) is 18.2 Å². The maximum Gasteiger partial charge on any atom is 0.259 e. The molecule has 4 N–H and O–H groups in total. The van der Waals surface area contributed by atoms with Crippen molar-refractivity contribution in [1.82, 2.24) is 0 Å². The van der Waals surface area contributed by atoms with Crippen molar-refractivity contribution in [3.05, 3.63) is 47.0 Å². The fourth-order valence-electron chi connectivity index (χ4n) is 1.65. The van der Waals surface area contributed by atoms with Gasteiger partial charge in [-0.25, -0.2) is 0 Å². The molecule has 0 aliphatic heterocycles. The molecule has 0 aromatic heterocycles. The Kier molecular flexibility index (Phi) is 4.00. The van der Waals surface area contributed by atoms with Gasteiger partial charge in [0.15, 0.2) is 0 Å². The summed E-state index contributed by atoms with van der Waals surface area (Å²) in [6.45, 7) is 0. The molecule has 0 radical (unpaired) electrons. The van der Waals surface area contributed by atoms with Crippen molar-refractivity contribution in [3.8, 4) is 11.5 Å². The number of nitrogens with two attached hydrogens (primary N) is 1. The Balaban J connectivity index is 2.21. The van der Waals surface area contributed by atoms with Crippen LogP contribution in [0.1, 0.15) is 10.4 Å². The second kappa shape index (κ2) is 5.71. The lowest BCUT2D eigenvalue weighted by Gasteiger charge is -2.09. The first kappa shape index (κ1) is 14.0. The Hall–Kier alpha value is -2.40. The second-order valence-electron chi connectivity index (χ2n) is 4.07. The van der Waals surface area contributed by atoms with Gasteiger partial charge in [0.2, 0.25) is 0 Å². The SMILES string of the molecule is COc1ccc(C(=O)Nc2ccc(Cl)c(N)c2)c(O)c1. The van der Waals surface area contributed by atoms with E-state index in [9.17, 15) is 9.90 Å². The van der Waals surface area contributed by atoms with Gasteiger partial charge in [-0.15, -0.1) is 0 Å². The van der Waals surface area contributed by atoms with E-state index in [-0.39, 0.29) is 11.3 Å². The van der Waals surface area contributed by atoms with Crippen molar-refractivity contribution in [1.29, 1.82) is 0 Å². The summed E-state index contributed by atoms with van der Waals surface area (Å²) in [5.74, 6) is -0.148. The van der Waals surface area contributed by atoms with Crippen LogP contribution in [-0.4, -0.2) is 18.1 Å². The zero-order valence-electron chi connectivity index (χ0n) is 10.7. The molecule has 5 nitrogen and oxygen atoms in total. The van der Waals surface area contributed by atoms with E-state index in [1.165, 1.54) is 19.2 Å². The number of methoxy groups -OCH3 is 1. The molecule has 0 aliphatic carbocycles. The fraction of sp³-hybridized carbons (Fsp3) is 0.0714. The number of aromatic hydroxyl groups is 1. The molecule has 0 fully saturated rings. The number of carbonyl (C=O) groups excluding carboxylic acids is 1. The van der Waals surface area contributed by atoms with Gasteiger partial charge in [-0.05, 0) is 30.3 Å². The highest BCUT2D eigenvalue weighted by atomic mass is 35.5. The van der Waals surface area contributed by atoms with Gasteiger partial charge in [-0.3, -0.25) is 4.79 Å². The summed E-state index contributed by atoms with van der Waals surface area (Å²) < 4.78 is 4.95. The van der Waals surface area contributed by atoms with Crippen LogP contribution in [0.25, 0.3) is 0 Å². The van der Waals surface area contributed by atoms with Crippen LogP contribution in [0.4, 0.5) is 11.4 Å². The first-order chi connectivity index (χ1) is 9.51. The van der Waals surface area contributed by atoms with Crippen LogP contribution in [0.3, 0.4) is 0 Å². The van der Waals surface area contributed by atoms with E-state index in [1.807, 2.05) is 0 Å². The molecule has 104 valence electrons. The van der Waals surface area contributed by atoms with Gasteiger partial charge in [0.1, 0.15) is 11.5 Å². The molecule has 0 aliphatic rings. The van der Waals surface area contributed by atoms with Crippen LogP contribution in [0.5, 0.6) is 11.5 Å². The Bertz CT molecular complexity index is 659. The average molecular weight is 293 g/mol. The molecule has 0 unspecified atom stereocenters. The summed E-state index contributed by atoms with van der Waals surface area (Å²) in [4.78, 5) is 12.0. The molecule has 6 heteroatoms. The molecule has 0 spiro atoms. The topological polar surface area (TPSA) is 84.6 Å². The third-order valence-corrected chi connectivity index (χ3v) is 3.05. The number of phenolic OH excluding ortho intramolecular Hbond substituents is 1. The van der Waals surface area contributed by atoms with Crippen LogP contribution in [-0.2, 0) is 0 Å². The standard InChI is InChI=1S/C14H13ClN2O3/c1-20-9-3-4-10(13(18)7-9)14(19)17-8-2-5-11(15)12(16)6-8/h2-7,18H,16H2,1H3,(H,17,19). The summed E-state index contributed by atoms with van der Waals surface area (Å²) in [5.41, 5.74) is 6.65. The summed E-state index contributed by atoms with van der Waals surface area (Å²) in [7, 11) is 1.48. The Morgan fingerprint density at radius 1 is 1.30 bits per heavy atom. The van der Waals surface area contributed by atoms with Gasteiger partial charge in [-0.1, -0.05) is 11.6 Å². The lowest BCUT2D eigenvalue weighted by atomic mass is 10.1. The van der Waals surface area contributed by atoms with Gasteiger partial charge < -0.3 is 20.9 Å². The normalized spacial score (nSPS) is 10.1. The number of phenols is 1. The van der Waals surface area contributed by atoms with E-state index in [0.29, 0.717) is 22.1 Å². The first-order valence-electron chi connectivity index (χ1n) is 5.74. The summed E-state index contributed by atoms with van der Waals surface area (Å²) in [6, 6.07) is 9.18. The predicted octanol–water partition coefficient (Wildman–Crippen LogP) is 2.89. The van der Waals surface area contributed by atoms with Gasteiger partial charge in [0, 0.05) is 11.8 Å². The van der Waals surface area contributed by atoms with Crippen molar-refractivity contribution in [3.63, 3.8) is 0 Å². The minimum Gasteiger partial charge on any atom is -0.507 e. The number of ether oxygens (including phenoxy) is 1. The number of benzene rings is 2. The maximum atomic E-state index is 12.0. The van der Waals surface area contributed by atoms with E-state index >= 15 is 0 Å². The molecule has 2 aromatic rings. The molecule has 0 atom stereocenters. The zero-order valence-corrected chi connectivity index (χ0v) is 11.4. The van der Waals surface area contributed by atoms with Crippen molar-refractivity contribution in [2.45, 2.75) is 0 Å². The van der Waals surface area contributed by atoms with Gasteiger partial charge in [0.25, 0.3) is 5.91 Å². The molecule has 0 heterocycles. The number of amides is 1. The number of hydrogen-bond donors (Lipinski definition) is 3. The number of anilines is 2. The molecule has 1 amide bonds. The monoisotopic (exact) mass is 292 g/mol. The number of carbonyl (C=O) groups is 1. The highest BCUT2D eigenvalue weighted by molar-refractivity contribution is 6.33. The third-order valence-electron chi connectivity index (χ3n) is 2.70. The molecule has 2 aromatic carbocycles. The van der Waals surface area contributed by atoms with Gasteiger partial charge >= 0.3 is 0 Å². The van der Waals surface area contributed by atoms with Crippen LogP contribution < -0.4 is 15.8 Å². The summed E-state index contributed by atoms with van der Waals surface area (Å²) in [6.07, 6.45) is 0. The highest BCUT2D eigenvalue weighted by Gasteiger charge is 2.12. The predicted molar refractivity (Wildman–Crippen MR) is 78.5 cm³/mol. The Labute approximate surface area is 120 Å². The van der Waals surface area contributed by atoms with E-state index in [2.05, 4.69) is 5.32 Å². The van der Waals surface area contributed by atoms with Gasteiger partial charge in [-0.2, -0.15) is 0 Å². The van der Waals surface area contributed by atoms with E-state index in [1.54, 1.807) is 24.3 Å². The van der Waals surface area contributed by atoms with Crippen molar-refractivity contribution < 1.29 is 14.6 Å². The highest BCUT2D eigenvalue weighted by Crippen LogP contribution is 2.26. The van der Waals surface area contributed by atoms with E-state index < -0.39 is 5.91 Å². The zero-order chi connectivity index (χ0) is 14.7. The van der Waals surface area contributed by atoms with E-state index in [4.69, 9.17) is 22.1 Å². The molecular weight excluding hydrogens is 280 g/mol. The average Bonchev–Trinajstić information content (AvgIpc) is 2.42. The summed E-state index contributed by atoms with van der Waals surface area (Å²) in [5, 5.41) is 12.8. The second-order valence-corrected chi connectivity index (χ2v) is 4.48. The quantitative estimate of drug-likeness (QED) is 0.759. The molecule has 0 saturated carbocycles. The minimum atomic E-state index is -0.452. The maximum absolute atomic E-state index is 12.0. The molecule has 0 bridgehead atoms. The number of nitrogens with one attached hydrogen (secondary N) is 1. The number of hydrogen-bond acceptors (Lipinski definition) is 4. The third kappa shape index (κ3) is 2.95. The number of rotatable bonds is 3. The lowest BCUT2D eigenvalue weighted by Crippen LogP contribution is -2.12.